The molecule has 0 fully saturated rings. The molecule has 2 heterocycles. The Labute approximate surface area is 84.1 Å². The average Bonchev–Trinajstić information content (AvgIpc) is 2.51. The largest absolute Gasteiger partial charge is 0.287 e. The molecule has 72 valence electrons. The van der Waals surface area contributed by atoms with Crippen LogP contribution in [0.3, 0.4) is 0 Å². The first-order valence-corrected chi connectivity index (χ1v) is 4.32. The van der Waals surface area contributed by atoms with Gasteiger partial charge >= 0.3 is 0 Å². The van der Waals surface area contributed by atoms with Gasteiger partial charge in [0.1, 0.15) is 10.8 Å². The molecule has 0 aliphatic heterocycles. The number of aryl methyl sites for hydroxylation is 1. The lowest BCUT2D eigenvalue weighted by molar-refractivity contribution is 0.998. The summed E-state index contributed by atoms with van der Waals surface area (Å²) in [5, 5.41) is 13.2. The molecular weight excluding hydrogens is 204 g/mol. The van der Waals surface area contributed by atoms with Gasteiger partial charge in [-0.15, -0.1) is 0 Å². The summed E-state index contributed by atoms with van der Waals surface area (Å²) in [4.78, 5) is 11.4. The van der Waals surface area contributed by atoms with E-state index in [4.69, 9.17) is 11.6 Å². The molecule has 0 saturated heterocycles. The second kappa shape index (κ2) is 3.26. The molecule has 6 heteroatoms. The van der Waals surface area contributed by atoms with E-state index in [1.165, 1.54) is 6.07 Å². The maximum absolute atomic E-state index is 11.4. The van der Waals surface area contributed by atoms with Crippen LogP contribution in [0, 0.1) is 6.92 Å². The summed E-state index contributed by atoms with van der Waals surface area (Å²) >= 11 is 5.56. The first kappa shape index (κ1) is 8.96. The summed E-state index contributed by atoms with van der Waals surface area (Å²) in [7, 11) is 0. The molecule has 0 bridgehead atoms. The number of rotatable bonds is 1. The van der Waals surface area contributed by atoms with Crippen molar-refractivity contribution in [2.45, 2.75) is 6.92 Å². The van der Waals surface area contributed by atoms with Crippen LogP contribution in [0.15, 0.2) is 16.9 Å². The van der Waals surface area contributed by atoms with Crippen molar-refractivity contribution < 1.29 is 0 Å². The Bertz CT molecular complexity index is 516. The third-order valence-corrected chi connectivity index (χ3v) is 1.91. The van der Waals surface area contributed by atoms with Gasteiger partial charge < -0.3 is 0 Å². The van der Waals surface area contributed by atoms with Crippen LogP contribution in [0.5, 0.6) is 0 Å². The fourth-order valence-electron chi connectivity index (χ4n) is 1.10. The quantitative estimate of drug-likeness (QED) is 0.741. The minimum absolute atomic E-state index is 0.214. The molecule has 0 saturated carbocycles. The molecule has 2 N–H and O–H groups in total. The molecule has 0 unspecified atom stereocenters. The highest BCUT2D eigenvalue weighted by molar-refractivity contribution is 6.29. The van der Waals surface area contributed by atoms with Crippen molar-refractivity contribution in [1.29, 1.82) is 0 Å². The first-order valence-electron chi connectivity index (χ1n) is 3.94. The lowest BCUT2D eigenvalue weighted by Crippen LogP contribution is -2.07. The normalized spacial score (nSPS) is 10.4. The third-order valence-electron chi connectivity index (χ3n) is 1.71. The van der Waals surface area contributed by atoms with Gasteiger partial charge in [-0.25, -0.2) is 0 Å². The number of halogens is 1. The third kappa shape index (κ3) is 1.54. The van der Waals surface area contributed by atoms with E-state index in [1.54, 1.807) is 6.07 Å². The molecule has 2 rings (SSSR count). The fourth-order valence-corrected chi connectivity index (χ4v) is 1.24. The monoisotopic (exact) mass is 210 g/mol. The van der Waals surface area contributed by atoms with Gasteiger partial charge in [0.05, 0.1) is 0 Å². The van der Waals surface area contributed by atoms with Crippen molar-refractivity contribution in [1.82, 2.24) is 20.4 Å². The van der Waals surface area contributed by atoms with Crippen molar-refractivity contribution in [3.8, 4) is 11.4 Å². The zero-order valence-corrected chi connectivity index (χ0v) is 8.09. The van der Waals surface area contributed by atoms with Crippen LogP contribution in [0.1, 0.15) is 5.69 Å². The minimum atomic E-state index is -0.250. The fraction of sp³-hybridized carbons (Fsp3) is 0.125. The van der Waals surface area contributed by atoms with E-state index in [1.807, 2.05) is 6.92 Å². The molecule has 0 spiro atoms. The van der Waals surface area contributed by atoms with E-state index in [0.717, 1.165) is 5.69 Å². The summed E-state index contributed by atoms with van der Waals surface area (Å²) < 4.78 is 0. The number of nitrogens with zero attached hydrogens (tertiary/aromatic N) is 2. The first-order chi connectivity index (χ1) is 6.66. The zero-order chi connectivity index (χ0) is 10.1. The van der Waals surface area contributed by atoms with Gasteiger partial charge in [0.15, 0.2) is 5.69 Å². The van der Waals surface area contributed by atoms with Crippen LogP contribution >= 0.6 is 11.6 Å². The van der Waals surface area contributed by atoms with Crippen molar-refractivity contribution in [3.63, 3.8) is 0 Å². The number of hydrogen-bond acceptors (Lipinski definition) is 3. The standard InChI is InChI=1S/C8H7ClN4O/c1-4-2-5(11-10-4)8-6(14)3-7(9)12-13-8/h2-3H,1H3,(H,10,11)(H,12,14). The summed E-state index contributed by atoms with van der Waals surface area (Å²) in [5.41, 5.74) is 1.40. The Hall–Kier alpha value is -1.62. The van der Waals surface area contributed by atoms with Crippen molar-refractivity contribution in [3.05, 3.63) is 33.2 Å². The Kier molecular flexibility index (Phi) is 2.09. The molecule has 5 nitrogen and oxygen atoms in total. The van der Waals surface area contributed by atoms with Gasteiger partial charge in [0, 0.05) is 11.8 Å². The van der Waals surface area contributed by atoms with Gasteiger partial charge in [-0.2, -0.15) is 10.2 Å². The Morgan fingerprint density at radius 1 is 1.29 bits per heavy atom. The van der Waals surface area contributed by atoms with Crippen LogP contribution in [-0.2, 0) is 0 Å². The molecule has 0 aromatic carbocycles. The smallest absolute Gasteiger partial charge is 0.211 e. The van der Waals surface area contributed by atoms with Crippen molar-refractivity contribution >= 4 is 11.6 Å². The number of nitrogens with one attached hydrogen (secondary N) is 2. The van der Waals surface area contributed by atoms with Crippen LogP contribution in [0.4, 0.5) is 0 Å². The SMILES string of the molecule is Cc1cc(-c2n[nH]c(Cl)cc2=O)n[nH]1. The molecule has 0 aliphatic carbocycles. The van der Waals surface area contributed by atoms with Gasteiger partial charge in [-0.05, 0) is 13.0 Å². The molecule has 2 aromatic rings. The molecule has 0 radical (unpaired) electrons. The lowest BCUT2D eigenvalue weighted by Gasteiger charge is -1.93. The van der Waals surface area contributed by atoms with Gasteiger partial charge in [-0.1, -0.05) is 11.6 Å². The summed E-state index contributed by atoms with van der Waals surface area (Å²) in [6.45, 7) is 1.85. The van der Waals surface area contributed by atoms with E-state index >= 15 is 0 Å². The maximum Gasteiger partial charge on any atom is 0.211 e. The summed E-state index contributed by atoms with van der Waals surface area (Å²) in [6.07, 6.45) is 0. The van der Waals surface area contributed by atoms with E-state index in [9.17, 15) is 4.79 Å². The second-order valence-electron chi connectivity index (χ2n) is 2.86. The van der Waals surface area contributed by atoms with Gasteiger partial charge in [0.25, 0.3) is 0 Å². The van der Waals surface area contributed by atoms with Crippen LogP contribution < -0.4 is 5.43 Å². The van der Waals surface area contributed by atoms with E-state index in [2.05, 4.69) is 20.4 Å². The highest BCUT2D eigenvalue weighted by Gasteiger charge is 2.08. The molecule has 0 amide bonds. The summed E-state index contributed by atoms with van der Waals surface area (Å²) in [6, 6.07) is 3.01. The predicted molar refractivity (Wildman–Crippen MR) is 52.2 cm³/mol. The summed E-state index contributed by atoms with van der Waals surface area (Å²) in [5.74, 6) is 0. The van der Waals surface area contributed by atoms with Crippen LogP contribution in [0.25, 0.3) is 11.4 Å². The van der Waals surface area contributed by atoms with Crippen LogP contribution in [0.2, 0.25) is 5.15 Å². The Morgan fingerprint density at radius 2 is 2.07 bits per heavy atom. The molecule has 0 atom stereocenters. The van der Waals surface area contributed by atoms with E-state index < -0.39 is 0 Å². The van der Waals surface area contributed by atoms with Gasteiger partial charge in [0.2, 0.25) is 5.43 Å². The molecule has 0 aliphatic rings. The zero-order valence-electron chi connectivity index (χ0n) is 7.34. The highest BCUT2D eigenvalue weighted by Crippen LogP contribution is 2.10. The molecule has 2 aromatic heterocycles. The Balaban J connectivity index is 2.57. The molecule has 14 heavy (non-hydrogen) atoms. The lowest BCUT2D eigenvalue weighted by atomic mass is 10.3. The van der Waals surface area contributed by atoms with Gasteiger partial charge in [-0.3, -0.25) is 15.0 Å². The number of aromatic nitrogens is 4. The molecular formula is C8H7ClN4O. The maximum atomic E-state index is 11.4. The number of aromatic amines is 2. The highest BCUT2D eigenvalue weighted by atomic mass is 35.5. The second-order valence-corrected chi connectivity index (χ2v) is 3.27. The number of hydrogen-bond donors (Lipinski definition) is 2. The topological polar surface area (TPSA) is 74.4 Å². The average molecular weight is 211 g/mol. The predicted octanol–water partition coefficient (Wildman–Crippen LogP) is 1.12. The minimum Gasteiger partial charge on any atom is -0.287 e. The van der Waals surface area contributed by atoms with E-state index in [0.29, 0.717) is 5.69 Å². The van der Waals surface area contributed by atoms with Crippen molar-refractivity contribution in [2.75, 3.05) is 0 Å². The van der Waals surface area contributed by atoms with Crippen molar-refractivity contribution in [2.24, 2.45) is 0 Å². The van der Waals surface area contributed by atoms with Crippen LogP contribution in [-0.4, -0.2) is 20.4 Å². The number of H-pyrrole nitrogens is 2. The van der Waals surface area contributed by atoms with E-state index in [-0.39, 0.29) is 16.3 Å². The Morgan fingerprint density at radius 3 is 2.64 bits per heavy atom.